The fourth-order valence-electron chi connectivity index (χ4n) is 1.67. The molecule has 0 aliphatic heterocycles. The molecule has 0 N–H and O–H groups in total. The number of benzene rings is 1. The van der Waals surface area contributed by atoms with Gasteiger partial charge in [-0.3, -0.25) is 4.79 Å². The lowest BCUT2D eigenvalue weighted by atomic mass is 10.2. The molecule has 0 atom stereocenters. The average Bonchev–Trinajstić information content (AvgIpc) is 2.86. The van der Waals surface area contributed by atoms with Gasteiger partial charge in [-0.2, -0.15) is 0 Å². The van der Waals surface area contributed by atoms with Gasteiger partial charge in [0.1, 0.15) is 6.33 Å². The molecule has 6 heteroatoms. The van der Waals surface area contributed by atoms with Crippen molar-refractivity contribution in [2.75, 3.05) is 0 Å². The molecule has 0 saturated carbocycles. The lowest BCUT2D eigenvalue weighted by molar-refractivity contribution is -0.146. The molecule has 0 aliphatic rings. The van der Waals surface area contributed by atoms with Gasteiger partial charge in [-0.1, -0.05) is 29.8 Å². The Morgan fingerprint density at radius 2 is 2.29 bits per heavy atom. The number of hydrogen-bond donors (Lipinski definition) is 0. The molecule has 0 aliphatic carbocycles. The van der Waals surface area contributed by atoms with Crippen LogP contribution in [0.3, 0.4) is 0 Å². The van der Waals surface area contributed by atoms with E-state index in [1.807, 2.05) is 26.0 Å². The number of aromatic nitrogens is 3. The maximum Gasteiger partial charge on any atom is 0.309 e. The molecule has 0 fully saturated rings. The number of hydrogen-bond acceptors (Lipinski definition) is 4. The first-order valence-corrected chi connectivity index (χ1v) is 6.95. The largest absolute Gasteiger partial charge is 0.463 e. The molecule has 1 aromatic heterocycles. The topological polar surface area (TPSA) is 57.0 Å². The Labute approximate surface area is 128 Å². The van der Waals surface area contributed by atoms with Gasteiger partial charge in [0, 0.05) is 16.8 Å². The van der Waals surface area contributed by atoms with Crippen molar-refractivity contribution in [3.8, 4) is 11.4 Å². The highest BCUT2D eigenvalue weighted by Crippen LogP contribution is 2.18. The maximum atomic E-state index is 11.4. The molecule has 0 spiro atoms. The molecule has 21 heavy (non-hydrogen) atoms. The summed E-state index contributed by atoms with van der Waals surface area (Å²) in [6.45, 7) is 3.63. The minimum absolute atomic E-state index is 0.105. The molecular formula is C15H16ClN3O2. The van der Waals surface area contributed by atoms with Crippen LogP contribution in [0.2, 0.25) is 5.02 Å². The van der Waals surface area contributed by atoms with Crippen molar-refractivity contribution < 1.29 is 9.53 Å². The molecule has 1 aromatic carbocycles. The highest BCUT2D eigenvalue weighted by atomic mass is 35.5. The van der Waals surface area contributed by atoms with Crippen LogP contribution in [0, 0.1) is 0 Å². The van der Waals surface area contributed by atoms with Gasteiger partial charge in [0.15, 0.2) is 5.82 Å². The zero-order valence-electron chi connectivity index (χ0n) is 11.9. The van der Waals surface area contributed by atoms with E-state index in [1.165, 1.54) is 0 Å². The van der Waals surface area contributed by atoms with Gasteiger partial charge in [0.25, 0.3) is 0 Å². The molecule has 110 valence electrons. The number of carbonyl (C=O) groups is 1. The zero-order chi connectivity index (χ0) is 15.2. The van der Waals surface area contributed by atoms with Crippen LogP contribution in [0.25, 0.3) is 17.6 Å². The van der Waals surface area contributed by atoms with E-state index >= 15 is 0 Å². The van der Waals surface area contributed by atoms with Gasteiger partial charge in [-0.25, -0.2) is 9.67 Å². The zero-order valence-corrected chi connectivity index (χ0v) is 12.6. The summed E-state index contributed by atoms with van der Waals surface area (Å²) in [5.41, 5.74) is 0.842. The second-order valence-corrected chi connectivity index (χ2v) is 5.12. The van der Waals surface area contributed by atoms with Crippen molar-refractivity contribution in [1.29, 1.82) is 0 Å². The van der Waals surface area contributed by atoms with Crippen molar-refractivity contribution in [3.63, 3.8) is 0 Å². The molecule has 0 saturated heterocycles. The third kappa shape index (κ3) is 4.72. The third-order valence-electron chi connectivity index (χ3n) is 2.50. The summed E-state index contributed by atoms with van der Waals surface area (Å²) in [6, 6.07) is 7.32. The lowest BCUT2D eigenvalue weighted by Crippen LogP contribution is -2.09. The normalized spacial score (nSPS) is 11.2. The first-order chi connectivity index (χ1) is 10.0. The smallest absolute Gasteiger partial charge is 0.309 e. The van der Waals surface area contributed by atoms with Gasteiger partial charge in [-0.15, -0.1) is 5.10 Å². The Bertz CT molecular complexity index is 650. The average molecular weight is 306 g/mol. The fourth-order valence-corrected chi connectivity index (χ4v) is 1.86. The van der Waals surface area contributed by atoms with Gasteiger partial charge in [0.2, 0.25) is 0 Å². The van der Waals surface area contributed by atoms with E-state index in [0.29, 0.717) is 10.8 Å². The van der Waals surface area contributed by atoms with Crippen LogP contribution >= 0.6 is 11.6 Å². The first-order valence-electron chi connectivity index (χ1n) is 6.58. The van der Waals surface area contributed by atoms with Crippen molar-refractivity contribution >= 4 is 23.8 Å². The minimum Gasteiger partial charge on any atom is -0.463 e. The highest BCUT2D eigenvalue weighted by Gasteiger charge is 2.04. The molecule has 2 aromatic rings. The van der Waals surface area contributed by atoms with Crippen LogP contribution < -0.4 is 0 Å². The Morgan fingerprint density at radius 1 is 1.48 bits per heavy atom. The van der Waals surface area contributed by atoms with Crippen LogP contribution in [-0.2, 0) is 9.53 Å². The molecular weight excluding hydrogens is 290 g/mol. The van der Waals surface area contributed by atoms with Crippen molar-refractivity contribution in [2.45, 2.75) is 26.4 Å². The second kappa shape index (κ2) is 7.04. The summed E-state index contributed by atoms with van der Waals surface area (Å²) in [5.74, 6) is 0.309. The predicted octanol–water partition coefficient (Wildman–Crippen LogP) is 3.41. The quantitative estimate of drug-likeness (QED) is 0.794. The lowest BCUT2D eigenvalue weighted by Gasteiger charge is -2.05. The molecule has 0 amide bonds. The minimum atomic E-state index is -0.267. The van der Waals surface area contributed by atoms with E-state index < -0.39 is 0 Å². The van der Waals surface area contributed by atoms with E-state index in [4.69, 9.17) is 16.3 Å². The van der Waals surface area contributed by atoms with Crippen molar-refractivity contribution in [3.05, 3.63) is 41.7 Å². The summed E-state index contributed by atoms with van der Waals surface area (Å²) in [6.07, 6.45) is 5.01. The van der Waals surface area contributed by atoms with E-state index in [0.717, 1.165) is 5.56 Å². The maximum absolute atomic E-state index is 11.4. The summed E-state index contributed by atoms with van der Waals surface area (Å²) >= 11 is 5.93. The van der Waals surface area contributed by atoms with Crippen LogP contribution in [0.4, 0.5) is 0 Å². The highest BCUT2D eigenvalue weighted by molar-refractivity contribution is 6.30. The summed E-state index contributed by atoms with van der Waals surface area (Å²) in [7, 11) is 0. The molecule has 1 heterocycles. The van der Waals surface area contributed by atoms with E-state index in [-0.39, 0.29) is 18.5 Å². The van der Waals surface area contributed by atoms with Gasteiger partial charge >= 0.3 is 5.97 Å². The third-order valence-corrected chi connectivity index (χ3v) is 2.74. The van der Waals surface area contributed by atoms with Gasteiger partial charge < -0.3 is 4.74 Å². The Hall–Kier alpha value is -2.14. The summed E-state index contributed by atoms with van der Waals surface area (Å²) < 4.78 is 6.57. The van der Waals surface area contributed by atoms with E-state index in [9.17, 15) is 4.79 Å². The number of rotatable bonds is 5. The van der Waals surface area contributed by atoms with E-state index in [2.05, 4.69) is 10.1 Å². The fraction of sp³-hybridized carbons (Fsp3) is 0.267. The SMILES string of the molecule is CC(C)OC(=O)CC=Cn1cnc(-c2cccc(Cl)c2)n1. The van der Waals surface area contributed by atoms with Crippen LogP contribution in [0.15, 0.2) is 36.7 Å². The van der Waals surface area contributed by atoms with E-state index in [1.54, 1.807) is 35.4 Å². The van der Waals surface area contributed by atoms with Crippen LogP contribution in [0.5, 0.6) is 0 Å². The van der Waals surface area contributed by atoms with Crippen LogP contribution in [-0.4, -0.2) is 26.8 Å². The van der Waals surface area contributed by atoms with Gasteiger partial charge in [0.05, 0.1) is 12.5 Å². The Kier molecular flexibility index (Phi) is 5.11. The second-order valence-electron chi connectivity index (χ2n) is 4.69. The Morgan fingerprint density at radius 3 is 3.00 bits per heavy atom. The standard InChI is InChI=1S/C15H16ClN3O2/c1-11(2)21-14(20)7-4-8-19-10-17-15(18-19)12-5-3-6-13(16)9-12/h3-6,8-11H,7H2,1-2H3. The first kappa shape index (κ1) is 15.3. The number of carbonyl (C=O) groups excluding carboxylic acids is 1. The monoisotopic (exact) mass is 305 g/mol. The molecule has 5 nitrogen and oxygen atoms in total. The van der Waals surface area contributed by atoms with Crippen molar-refractivity contribution in [1.82, 2.24) is 14.8 Å². The summed E-state index contributed by atoms with van der Waals surface area (Å²) in [5, 5.41) is 4.92. The number of ether oxygens (including phenoxy) is 1. The van der Waals surface area contributed by atoms with Crippen molar-refractivity contribution in [2.24, 2.45) is 0 Å². The number of esters is 1. The predicted molar refractivity (Wildman–Crippen MR) is 81.6 cm³/mol. The summed E-state index contributed by atoms with van der Waals surface area (Å²) in [4.78, 5) is 15.6. The Balaban J connectivity index is 1.99. The molecule has 2 rings (SSSR count). The molecule has 0 unspecified atom stereocenters. The molecule has 0 bridgehead atoms. The number of nitrogens with zero attached hydrogens (tertiary/aromatic N) is 3. The number of halogens is 1. The van der Waals surface area contributed by atoms with Crippen LogP contribution in [0.1, 0.15) is 20.3 Å². The van der Waals surface area contributed by atoms with Gasteiger partial charge in [-0.05, 0) is 26.0 Å². The molecule has 0 radical (unpaired) electrons.